The summed E-state index contributed by atoms with van der Waals surface area (Å²) in [6.07, 6.45) is 0.634. The number of benzene rings is 2. The second-order valence-corrected chi connectivity index (χ2v) is 5.81. The minimum absolute atomic E-state index is 0.220. The van der Waals surface area contributed by atoms with Gasteiger partial charge < -0.3 is 15.2 Å². The smallest absolute Gasteiger partial charge is 0.141 e. The minimum atomic E-state index is -0.220. The third-order valence-electron chi connectivity index (χ3n) is 3.31. The van der Waals surface area contributed by atoms with Gasteiger partial charge in [0.05, 0.1) is 14.2 Å². The summed E-state index contributed by atoms with van der Waals surface area (Å²) >= 11 is 9.68. The van der Waals surface area contributed by atoms with E-state index in [9.17, 15) is 0 Å². The summed E-state index contributed by atoms with van der Waals surface area (Å²) in [5.74, 6) is 1.40. The van der Waals surface area contributed by atoms with E-state index >= 15 is 0 Å². The molecule has 0 amide bonds. The van der Waals surface area contributed by atoms with Crippen LogP contribution in [0.4, 0.5) is 0 Å². The lowest BCUT2D eigenvalue weighted by Gasteiger charge is -2.19. The van der Waals surface area contributed by atoms with Gasteiger partial charge in [0, 0.05) is 16.6 Å². The van der Waals surface area contributed by atoms with Gasteiger partial charge in [0.15, 0.2) is 0 Å². The number of hydrogen-bond acceptors (Lipinski definition) is 3. The first-order valence-electron chi connectivity index (χ1n) is 6.47. The molecule has 21 heavy (non-hydrogen) atoms. The molecule has 2 rings (SSSR count). The number of nitrogens with two attached hydrogens (primary N) is 1. The molecule has 0 aliphatic rings. The van der Waals surface area contributed by atoms with Gasteiger partial charge in [-0.15, -0.1) is 0 Å². The van der Waals surface area contributed by atoms with Gasteiger partial charge in [-0.1, -0.05) is 29.8 Å². The molecule has 1 unspecified atom stereocenters. The molecule has 0 aromatic heterocycles. The molecular weight excluding hydrogens is 354 g/mol. The zero-order chi connectivity index (χ0) is 15.4. The molecule has 5 heteroatoms. The first-order chi connectivity index (χ1) is 10.1. The van der Waals surface area contributed by atoms with E-state index < -0.39 is 0 Å². The second-order valence-electron chi connectivity index (χ2n) is 4.61. The molecule has 2 aromatic rings. The average Bonchev–Trinajstić information content (AvgIpc) is 2.49. The van der Waals surface area contributed by atoms with E-state index in [1.54, 1.807) is 14.2 Å². The molecule has 2 aromatic carbocycles. The Labute approximate surface area is 138 Å². The Morgan fingerprint density at radius 2 is 1.86 bits per heavy atom. The van der Waals surface area contributed by atoms with Crippen molar-refractivity contribution in [3.8, 4) is 11.5 Å². The van der Waals surface area contributed by atoms with Gasteiger partial charge in [0.2, 0.25) is 0 Å². The summed E-state index contributed by atoms with van der Waals surface area (Å²) in [6.45, 7) is 0. The Morgan fingerprint density at radius 1 is 1.14 bits per heavy atom. The maximum absolute atomic E-state index is 6.33. The van der Waals surface area contributed by atoms with Crippen LogP contribution in [0.3, 0.4) is 0 Å². The van der Waals surface area contributed by atoms with Crippen molar-refractivity contribution in [1.82, 2.24) is 0 Å². The highest BCUT2D eigenvalue weighted by Gasteiger charge is 2.18. The third kappa shape index (κ3) is 3.51. The molecule has 0 saturated carbocycles. The number of rotatable bonds is 5. The summed E-state index contributed by atoms with van der Waals surface area (Å²) in [5.41, 5.74) is 8.25. The first kappa shape index (κ1) is 16.1. The Hall–Kier alpha value is -1.23. The molecule has 1 atom stereocenters. The Morgan fingerprint density at radius 3 is 2.48 bits per heavy atom. The van der Waals surface area contributed by atoms with Crippen LogP contribution in [0.2, 0.25) is 5.02 Å². The number of hydrogen-bond donors (Lipinski definition) is 1. The molecule has 0 aliphatic heterocycles. The molecule has 0 saturated heterocycles. The molecule has 3 nitrogen and oxygen atoms in total. The van der Waals surface area contributed by atoms with E-state index in [0.29, 0.717) is 17.9 Å². The maximum Gasteiger partial charge on any atom is 0.141 e. The van der Waals surface area contributed by atoms with E-state index in [0.717, 1.165) is 20.6 Å². The molecule has 0 radical (unpaired) electrons. The number of halogens is 2. The van der Waals surface area contributed by atoms with Crippen LogP contribution in [0.1, 0.15) is 17.2 Å². The van der Waals surface area contributed by atoms with Crippen molar-refractivity contribution in [2.75, 3.05) is 14.2 Å². The Kier molecular flexibility index (Phi) is 5.51. The highest BCUT2D eigenvalue weighted by atomic mass is 79.9. The lowest BCUT2D eigenvalue weighted by molar-refractivity contribution is 0.383. The SMILES string of the molecule is COc1ccc(C(N)Cc2ccccc2Cl)c(OC)c1Br. The second kappa shape index (κ2) is 7.16. The lowest BCUT2D eigenvalue weighted by atomic mass is 9.98. The summed E-state index contributed by atoms with van der Waals surface area (Å²) < 4.78 is 11.5. The highest BCUT2D eigenvalue weighted by molar-refractivity contribution is 9.10. The predicted molar refractivity (Wildman–Crippen MR) is 89.3 cm³/mol. The minimum Gasteiger partial charge on any atom is -0.495 e. The molecule has 0 spiro atoms. The summed E-state index contributed by atoms with van der Waals surface area (Å²) in [6, 6.07) is 11.3. The average molecular weight is 371 g/mol. The van der Waals surface area contributed by atoms with Crippen LogP contribution in [0.25, 0.3) is 0 Å². The zero-order valence-corrected chi connectivity index (χ0v) is 14.2. The van der Waals surface area contributed by atoms with Crippen molar-refractivity contribution in [2.45, 2.75) is 12.5 Å². The van der Waals surface area contributed by atoms with Gasteiger partial charge in [0.25, 0.3) is 0 Å². The quantitative estimate of drug-likeness (QED) is 0.850. The van der Waals surface area contributed by atoms with Crippen molar-refractivity contribution in [3.05, 3.63) is 57.0 Å². The lowest BCUT2D eigenvalue weighted by Crippen LogP contribution is -2.15. The summed E-state index contributed by atoms with van der Waals surface area (Å²) in [7, 11) is 3.23. The zero-order valence-electron chi connectivity index (χ0n) is 11.9. The van der Waals surface area contributed by atoms with Crippen molar-refractivity contribution < 1.29 is 9.47 Å². The monoisotopic (exact) mass is 369 g/mol. The van der Waals surface area contributed by atoms with Crippen LogP contribution < -0.4 is 15.2 Å². The van der Waals surface area contributed by atoms with Crippen molar-refractivity contribution >= 4 is 27.5 Å². The highest BCUT2D eigenvalue weighted by Crippen LogP contribution is 2.40. The fourth-order valence-electron chi connectivity index (χ4n) is 2.22. The van der Waals surface area contributed by atoms with Crippen LogP contribution in [-0.4, -0.2) is 14.2 Å². The Balaban J connectivity index is 2.33. The molecule has 0 fully saturated rings. The largest absolute Gasteiger partial charge is 0.495 e. The third-order valence-corrected chi connectivity index (χ3v) is 4.43. The van der Waals surface area contributed by atoms with Crippen molar-refractivity contribution in [1.29, 1.82) is 0 Å². The van der Waals surface area contributed by atoms with E-state index in [-0.39, 0.29) is 6.04 Å². The first-order valence-corrected chi connectivity index (χ1v) is 7.65. The molecular formula is C16H17BrClNO2. The van der Waals surface area contributed by atoms with E-state index in [1.807, 2.05) is 36.4 Å². The summed E-state index contributed by atoms with van der Waals surface area (Å²) in [4.78, 5) is 0. The van der Waals surface area contributed by atoms with Crippen LogP contribution >= 0.6 is 27.5 Å². The summed E-state index contributed by atoms with van der Waals surface area (Å²) in [5, 5.41) is 0.722. The van der Waals surface area contributed by atoms with Gasteiger partial charge in [-0.05, 0) is 46.1 Å². The fourth-order valence-corrected chi connectivity index (χ4v) is 3.12. The van der Waals surface area contributed by atoms with E-state index in [4.69, 9.17) is 26.8 Å². The van der Waals surface area contributed by atoms with Crippen LogP contribution in [0.5, 0.6) is 11.5 Å². The topological polar surface area (TPSA) is 44.5 Å². The maximum atomic E-state index is 6.33. The number of methoxy groups -OCH3 is 2. The van der Waals surface area contributed by atoms with Crippen LogP contribution in [0.15, 0.2) is 40.9 Å². The molecule has 2 N–H and O–H groups in total. The fraction of sp³-hybridized carbons (Fsp3) is 0.250. The van der Waals surface area contributed by atoms with E-state index in [1.165, 1.54) is 0 Å². The number of ether oxygens (including phenoxy) is 2. The van der Waals surface area contributed by atoms with Crippen molar-refractivity contribution in [2.24, 2.45) is 5.73 Å². The molecule has 0 heterocycles. The van der Waals surface area contributed by atoms with Gasteiger partial charge in [0.1, 0.15) is 16.0 Å². The van der Waals surface area contributed by atoms with Crippen molar-refractivity contribution in [3.63, 3.8) is 0 Å². The standard InChI is InChI=1S/C16H17BrClNO2/c1-20-14-8-7-11(16(21-2)15(14)17)13(19)9-10-5-3-4-6-12(10)18/h3-8,13H,9,19H2,1-2H3. The van der Waals surface area contributed by atoms with Gasteiger partial charge in [-0.2, -0.15) is 0 Å². The molecule has 0 bridgehead atoms. The van der Waals surface area contributed by atoms with E-state index in [2.05, 4.69) is 15.9 Å². The Bertz CT molecular complexity index is 634. The van der Waals surface area contributed by atoms with Gasteiger partial charge >= 0.3 is 0 Å². The van der Waals surface area contributed by atoms with Gasteiger partial charge in [-0.3, -0.25) is 0 Å². The van der Waals surface area contributed by atoms with Crippen LogP contribution in [0, 0.1) is 0 Å². The molecule has 0 aliphatic carbocycles. The normalized spacial score (nSPS) is 12.0. The molecule has 112 valence electrons. The predicted octanol–water partition coefficient (Wildman–Crippen LogP) is 4.36. The van der Waals surface area contributed by atoms with Crippen LogP contribution in [-0.2, 0) is 6.42 Å². The van der Waals surface area contributed by atoms with Gasteiger partial charge in [-0.25, -0.2) is 0 Å².